The number of nitrogens with zero attached hydrogens (tertiary/aromatic N) is 1. The van der Waals surface area contributed by atoms with Gasteiger partial charge in [-0.1, -0.05) is 24.3 Å². The lowest BCUT2D eigenvalue weighted by atomic mass is 9.96. The zero-order valence-electron chi connectivity index (χ0n) is 11.8. The standard InChI is InChI=1S/C17H14F2N2O/c1-20-16(12-7-5-11(18)9-14(12)19)13-6-4-10-3-2-8-21-15(10)17(13)22/h2-9,16,20,22H,1H3. The minimum Gasteiger partial charge on any atom is -0.505 e. The van der Waals surface area contributed by atoms with E-state index in [2.05, 4.69) is 10.3 Å². The molecule has 0 spiro atoms. The molecule has 0 radical (unpaired) electrons. The van der Waals surface area contributed by atoms with Gasteiger partial charge in [-0.2, -0.15) is 0 Å². The van der Waals surface area contributed by atoms with Crippen LogP contribution in [0.4, 0.5) is 8.78 Å². The summed E-state index contributed by atoms with van der Waals surface area (Å²) in [5, 5.41) is 14.2. The number of benzene rings is 2. The molecule has 2 N–H and O–H groups in total. The quantitative estimate of drug-likeness (QED) is 0.778. The number of halogens is 2. The van der Waals surface area contributed by atoms with Crippen LogP contribution in [0.15, 0.2) is 48.7 Å². The SMILES string of the molecule is CNC(c1ccc(F)cc1F)c1ccc2cccnc2c1O. The number of hydrogen-bond acceptors (Lipinski definition) is 3. The first kappa shape index (κ1) is 14.4. The van der Waals surface area contributed by atoms with Gasteiger partial charge >= 0.3 is 0 Å². The summed E-state index contributed by atoms with van der Waals surface area (Å²) in [6, 6.07) is 9.91. The highest BCUT2D eigenvalue weighted by Crippen LogP contribution is 2.35. The number of aromatic nitrogens is 1. The Morgan fingerprint density at radius 3 is 2.59 bits per heavy atom. The Hall–Kier alpha value is -2.53. The lowest BCUT2D eigenvalue weighted by molar-refractivity contribution is 0.463. The number of pyridine rings is 1. The summed E-state index contributed by atoms with van der Waals surface area (Å²) in [5.74, 6) is -1.32. The summed E-state index contributed by atoms with van der Waals surface area (Å²) in [5.41, 5.74) is 1.19. The van der Waals surface area contributed by atoms with Crippen LogP contribution in [0.25, 0.3) is 10.9 Å². The lowest BCUT2D eigenvalue weighted by Gasteiger charge is -2.19. The van der Waals surface area contributed by atoms with E-state index >= 15 is 0 Å². The van der Waals surface area contributed by atoms with E-state index < -0.39 is 17.7 Å². The number of aromatic hydroxyl groups is 1. The Kier molecular flexibility index (Phi) is 3.73. The van der Waals surface area contributed by atoms with Crippen molar-refractivity contribution >= 4 is 10.9 Å². The van der Waals surface area contributed by atoms with Crippen molar-refractivity contribution in [2.24, 2.45) is 0 Å². The number of rotatable bonds is 3. The van der Waals surface area contributed by atoms with Gasteiger partial charge in [-0.15, -0.1) is 0 Å². The van der Waals surface area contributed by atoms with Crippen LogP contribution in [0, 0.1) is 11.6 Å². The van der Waals surface area contributed by atoms with Crippen LogP contribution in [0.2, 0.25) is 0 Å². The number of fused-ring (bicyclic) bond motifs is 1. The third kappa shape index (κ3) is 2.40. The van der Waals surface area contributed by atoms with Crippen LogP contribution < -0.4 is 5.32 Å². The topological polar surface area (TPSA) is 45.2 Å². The molecule has 0 aliphatic rings. The Bertz CT molecular complexity index is 836. The third-order valence-electron chi connectivity index (χ3n) is 3.65. The molecule has 1 unspecified atom stereocenters. The summed E-state index contributed by atoms with van der Waals surface area (Å²) < 4.78 is 27.1. The predicted octanol–water partition coefficient (Wildman–Crippen LogP) is 3.53. The van der Waals surface area contributed by atoms with Crippen LogP contribution >= 0.6 is 0 Å². The number of hydrogen-bond donors (Lipinski definition) is 2. The van der Waals surface area contributed by atoms with Crippen molar-refractivity contribution in [3.8, 4) is 5.75 Å². The second kappa shape index (κ2) is 5.69. The summed E-state index contributed by atoms with van der Waals surface area (Å²) in [6.07, 6.45) is 1.58. The molecular formula is C17H14F2N2O. The predicted molar refractivity (Wildman–Crippen MR) is 80.7 cm³/mol. The average molecular weight is 300 g/mol. The first-order valence-electron chi connectivity index (χ1n) is 6.80. The molecule has 0 bridgehead atoms. The maximum atomic E-state index is 14.0. The number of phenolic OH excluding ortho intramolecular Hbond substituents is 1. The van der Waals surface area contributed by atoms with Gasteiger partial charge in [0, 0.05) is 28.8 Å². The molecule has 0 fully saturated rings. The van der Waals surface area contributed by atoms with E-state index in [4.69, 9.17) is 0 Å². The first-order valence-corrected chi connectivity index (χ1v) is 6.80. The number of phenols is 1. The lowest BCUT2D eigenvalue weighted by Crippen LogP contribution is -2.19. The first-order chi connectivity index (χ1) is 10.6. The molecular weight excluding hydrogens is 286 g/mol. The Labute approximate surface area is 126 Å². The molecule has 0 aliphatic heterocycles. The van der Waals surface area contributed by atoms with Crippen molar-refractivity contribution in [1.29, 1.82) is 0 Å². The Balaban J connectivity index is 2.17. The van der Waals surface area contributed by atoms with Crippen LogP contribution in [0.3, 0.4) is 0 Å². The van der Waals surface area contributed by atoms with E-state index in [1.165, 1.54) is 12.1 Å². The Morgan fingerprint density at radius 2 is 1.86 bits per heavy atom. The Morgan fingerprint density at radius 1 is 1.09 bits per heavy atom. The second-order valence-corrected chi connectivity index (χ2v) is 4.97. The maximum absolute atomic E-state index is 14.0. The minimum absolute atomic E-state index is 0.0128. The fourth-order valence-electron chi connectivity index (χ4n) is 2.59. The molecule has 1 aromatic heterocycles. The van der Waals surface area contributed by atoms with Gasteiger partial charge < -0.3 is 10.4 Å². The van der Waals surface area contributed by atoms with Crippen molar-refractivity contribution in [1.82, 2.24) is 10.3 Å². The highest BCUT2D eigenvalue weighted by molar-refractivity contribution is 5.85. The van der Waals surface area contributed by atoms with Crippen molar-refractivity contribution in [3.05, 3.63) is 71.4 Å². The molecule has 112 valence electrons. The summed E-state index contributed by atoms with van der Waals surface area (Å²) in [7, 11) is 1.65. The van der Waals surface area contributed by atoms with E-state index in [1.807, 2.05) is 12.1 Å². The van der Waals surface area contributed by atoms with Crippen LogP contribution in [-0.4, -0.2) is 17.1 Å². The molecule has 5 heteroatoms. The van der Waals surface area contributed by atoms with Crippen molar-refractivity contribution < 1.29 is 13.9 Å². The maximum Gasteiger partial charge on any atom is 0.146 e. The van der Waals surface area contributed by atoms with Gasteiger partial charge in [0.1, 0.15) is 22.9 Å². The highest BCUT2D eigenvalue weighted by Gasteiger charge is 2.21. The minimum atomic E-state index is -0.667. The zero-order chi connectivity index (χ0) is 15.7. The molecule has 3 aromatic rings. The molecule has 1 atom stereocenters. The van der Waals surface area contributed by atoms with E-state index in [0.717, 1.165) is 11.5 Å². The van der Waals surface area contributed by atoms with Crippen LogP contribution in [0.5, 0.6) is 5.75 Å². The molecule has 22 heavy (non-hydrogen) atoms. The zero-order valence-corrected chi connectivity index (χ0v) is 11.8. The molecule has 0 amide bonds. The van der Waals surface area contributed by atoms with Gasteiger partial charge in [0.05, 0.1) is 6.04 Å². The van der Waals surface area contributed by atoms with Crippen LogP contribution in [-0.2, 0) is 0 Å². The fraction of sp³-hybridized carbons (Fsp3) is 0.118. The summed E-state index contributed by atoms with van der Waals surface area (Å²) in [4.78, 5) is 4.16. The second-order valence-electron chi connectivity index (χ2n) is 4.97. The molecule has 2 aromatic carbocycles. The molecule has 0 aliphatic carbocycles. The fourth-order valence-corrected chi connectivity index (χ4v) is 2.59. The monoisotopic (exact) mass is 300 g/mol. The van der Waals surface area contributed by atoms with Crippen molar-refractivity contribution in [2.75, 3.05) is 7.05 Å². The largest absolute Gasteiger partial charge is 0.505 e. The average Bonchev–Trinajstić information content (AvgIpc) is 2.52. The van der Waals surface area contributed by atoms with Gasteiger partial charge in [-0.05, 0) is 19.2 Å². The normalized spacial score (nSPS) is 12.5. The van der Waals surface area contributed by atoms with E-state index in [9.17, 15) is 13.9 Å². The van der Waals surface area contributed by atoms with Crippen molar-refractivity contribution in [2.45, 2.75) is 6.04 Å². The van der Waals surface area contributed by atoms with Crippen molar-refractivity contribution in [3.63, 3.8) is 0 Å². The van der Waals surface area contributed by atoms with E-state index in [-0.39, 0.29) is 11.3 Å². The molecule has 0 saturated carbocycles. The third-order valence-corrected chi connectivity index (χ3v) is 3.65. The van der Waals surface area contributed by atoms with E-state index in [1.54, 1.807) is 25.4 Å². The summed E-state index contributed by atoms with van der Waals surface area (Å²) >= 11 is 0. The van der Waals surface area contributed by atoms with Gasteiger partial charge in [0.15, 0.2) is 0 Å². The molecule has 3 rings (SSSR count). The highest BCUT2D eigenvalue weighted by atomic mass is 19.1. The smallest absolute Gasteiger partial charge is 0.146 e. The van der Waals surface area contributed by atoms with Gasteiger partial charge in [-0.25, -0.2) is 8.78 Å². The van der Waals surface area contributed by atoms with E-state index in [0.29, 0.717) is 11.1 Å². The molecule has 0 saturated heterocycles. The molecule has 3 nitrogen and oxygen atoms in total. The van der Waals surface area contributed by atoms with Gasteiger partial charge in [0.2, 0.25) is 0 Å². The summed E-state index contributed by atoms with van der Waals surface area (Å²) in [6.45, 7) is 0. The molecule has 1 heterocycles. The number of nitrogens with one attached hydrogen (secondary N) is 1. The van der Waals surface area contributed by atoms with Gasteiger partial charge in [-0.3, -0.25) is 4.98 Å². The van der Waals surface area contributed by atoms with Crippen LogP contribution in [0.1, 0.15) is 17.2 Å². The van der Waals surface area contributed by atoms with Gasteiger partial charge in [0.25, 0.3) is 0 Å².